The molecule has 9 nitrogen and oxygen atoms in total. The number of fused-ring (bicyclic) bond motifs is 1. The van der Waals surface area contributed by atoms with Gasteiger partial charge in [-0.2, -0.15) is 17.7 Å². The standard InChI is InChI=1S/C29H39F3N6O3/c1-20(28(2,3)4)33-26(39)19-40-17-5-6-18-41-23-9-7-21(8-10-23)22-13-15-37(16-14-22)25-12-11-24-34-35-27(29(30,31)32)38(24)36-25/h7-12,20,22H,5-6,13-19H2,1-4H3,(H,33,39). The van der Waals surface area contributed by atoms with Crippen molar-refractivity contribution in [3.8, 4) is 5.75 Å². The molecule has 3 aromatic rings. The van der Waals surface area contributed by atoms with Crippen molar-refractivity contribution in [3.05, 3.63) is 47.8 Å². The van der Waals surface area contributed by atoms with E-state index in [0.717, 1.165) is 35.9 Å². The molecule has 1 amide bonds. The van der Waals surface area contributed by atoms with Crippen molar-refractivity contribution in [2.75, 3.05) is 37.8 Å². The highest BCUT2D eigenvalue weighted by Crippen LogP contribution is 2.32. The molecular weight excluding hydrogens is 537 g/mol. The lowest BCUT2D eigenvalue weighted by Gasteiger charge is -2.33. The van der Waals surface area contributed by atoms with E-state index < -0.39 is 12.0 Å². The number of nitrogens with one attached hydrogen (secondary N) is 1. The molecule has 2 aromatic heterocycles. The summed E-state index contributed by atoms with van der Waals surface area (Å²) in [4.78, 5) is 14.0. The van der Waals surface area contributed by atoms with Crippen molar-refractivity contribution >= 4 is 17.4 Å². The second-order valence-corrected chi connectivity index (χ2v) is 11.6. The van der Waals surface area contributed by atoms with Crippen molar-refractivity contribution in [1.29, 1.82) is 0 Å². The predicted molar refractivity (Wildman–Crippen MR) is 149 cm³/mol. The van der Waals surface area contributed by atoms with E-state index in [1.165, 1.54) is 11.6 Å². The third kappa shape index (κ3) is 8.31. The molecule has 0 radical (unpaired) electrons. The lowest BCUT2D eigenvalue weighted by Crippen LogP contribution is -2.43. The lowest BCUT2D eigenvalue weighted by atomic mass is 9.88. The van der Waals surface area contributed by atoms with Crippen molar-refractivity contribution in [2.45, 2.75) is 71.5 Å². The number of carbonyl (C=O) groups excluding carboxylic acids is 1. The predicted octanol–water partition coefficient (Wildman–Crippen LogP) is 5.25. The molecule has 1 saturated heterocycles. The molecule has 1 aromatic carbocycles. The number of carbonyl (C=O) groups is 1. The molecule has 1 fully saturated rings. The Labute approximate surface area is 238 Å². The van der Waals surface area contributed by atoms with Gasteiger partial charge in [-0.25, -0.2) is 0 Å². The summed E-state index contributed by atoms with van der Waals surface area (Å²) in [6.45, 7) is 10.7. The summed E-state index contributed by atoms with van der Waals surface area (Å²) >= 11 is 0. The number of anilines is 1. The average molecular weight is 577 g/mol. The molecule has 0 bridgehead atoms. The first-order chi connectivity index (χ1) is 19.4. The maximum atomic E-state index is 13.2. The SMILES string of the molecule is CC(NC(=O)COCCCCOc1ccc(C2CCN(c3ccc4nnc(C(F)(F)F)n4n3)CC2)cc1)C(C)(C)C. The van der Waals surface area contributed by atoms with E-state index in [4.69, 9.17) is 9.47 Å². The Kier molecular flexibility index (Phi) is 9.72. The highest BCUT2D eigenvalue weighted by Gasteiger charge is 2.38. The van der Waals surface area contributed by atoms with E-state index >= 15 is 0 Å². The third-order valence-corrected chi connectivity index (χ3v) is 7.53. The molecule has 3 heterocycles. The summed E-state index contributed by atoms with van der Waals surface area (Å²) in [5, 5.41) is 13.9. The van der Waals surface area contributed by atoms with Crippen molar-refractivity contribution in [2.24, 2.45) is 5.41 Å². The summed E-state index contributed by atoms with van der Waals surface area (Å²) in [6.07, 6.45) is -1.27. The van der Waals surface area contributed by atoms with Gasteiger partial charge in [0.25, 0.3) is 5.82 Å². The summed E-state index contributed by atoms with van der Waals surface area (Å²) in [5.74, 6) is 0.415. The second-order valence-electron chi connectivity index (χ2n) is 11.6. The number of benzene rings is 1. The fourth-order valence-corrected chi connectivity index (χ4v) is 4.56. The zero-order valence-corrected chi connectivity index (χ0v) is 24.1. The molecule has 4 rings (SSSR count). The van der Waals surface area contributed by atoms with Gasteiger partial charge in [0.15, 0.2) is 5.65 Å². The molecule has 1 aliphatic rings. The Morgan fingerprint density at radius 1 is 1.02 bits per heavy atom. The van der Waals surface area contributed by atoms with Gasteiger partial charge in [0, 0.05) is 25.7 Å². The lowest BCUT2D eigenvalue weighted by molar-refractivity contribution is -0.146. The van der Waals surface area contributed by atoms with Crippen LogP contribution in [0.4, 0.5) is 19.0 Å². The van der Waals surface area contributed by atoms with E-state index in [1.54, 1.807) is 6.07 Å². The smallest absolute Gasteiger partial charge is 0.453 e. The van der Waals surface area contributed by atoms with Crippen LogP contribution in [0.2, 0.25) is 0 Å². The van der Waals surface area contributed by atoms with Crippen LogP contribution in [0.25, 0.3) is 5.65 Å². The van der Waals surface area contributed by atoms with Gasteiger partial charge in [-0.15, -0.1) is 15.3 Å². The Bertz CT molecular complexity index is 1280. The van der Waals surface area contributed by atoms with E-state index in [0.29, 0.717) is 38.0 Å². The van der Waals surface area contributed by atoms with E-state index in [-0.39, 0.29) is 29.6 Å². The molecule has 1 N–H and O–H groups in total. The van der Waals surface area contributed by atoms with Gasteiger partial charge in [0.1, 0.15) is 18.2 Å². The minimum absolute atomic E-state index is 0.00590. The van der Waals surface area contributed by atoms with Crippen LogP contribution in [0.15, 0.2) is 36.4 Å². The summed E-state index contributed by atoms with van der Waals surface area (Å²) in [6, 6.07) is 11.4. The van der Waals surface area contributed by atoms with Crippen LogP contribution < -0.4 is 15.0 Å². The second kappa shape index (κ2) is 13.1. The minimum atomic E-state index is -4.62. The molecular formula is C29H39F3N6O3. The maximum Gasteiger partial charge on any atom is 0.453 e. The number of hydrogen-bond donors (Lipinski definition) is 1. The van der Waals surface area contributed by atoms with Gasteiger partial charge in [0.05, 0.1) is 6.61 Å². The zero-order valence-electron chi connectivity index (χ0n) is 24.1. The third-order valence-electron chi connectivity index (χ3n) is 7.53. The molecule has 0 aliphatic carbocycles. The van der Waals surface area contributed by atoms with Crippen LogP contribution in [0.3, 0.4) is 0 Å². The highest BCUT2D eigenvalue weighted by atomic mass is 19.4. The van der Waals surface area contributed by atoms with Gasteiger partial charge in [-0.1, -0.05) is 32.9 Å². The topological polar surface area (TPSA) is 93.9 Å². The van der Waals surface area contributed by atoms with Gasteiger partial charge in [-0.05, 0) is 73.8 Å². The zero-order chi connectivity index (χ0) is 29.6. The quantitative estimate of drug-likeness (QED) is 0.312. The number of amides is 1. The molecule has 41 heavy (non-hydrogen) atoms. The van der Waals surface area contributed by atoms with Crippen LogP contribution in [-0.2, 0) is 15.7 Å². The molecule has 12 heteroatoms. The van der Waals surface area contributed by atoms with E-state index in [1.807, 2.05) is 24.0 Å². The van der Waals surface area contributed by atoms with E-state index in [2.05, 4.69) is 53.5 Å². The first kappa shape index (κ1) is 30.5. The van der Waals surface area contributed by atoms with E-state index in [9.17, 15) is 18.0 Å². The van der Waals surface area contributed by atoms with Gasteiger partial charge in [0.2, 0.25) is 5.91 Å². The largest absolute Gasteiger partial charge is 0.494 e. The van der Waals surface area contributed by atoms with Crippen LogP contribution in [-0.4, -0.2) is 64.7 Å². The first-order valence-electron chi connectivity index (χ1n) is 14.1. The highest BCUT2D eigenvalue weighted by molar-refractivity contribution is 5.77. The van der Waals surface area contributed by atoms with Crippen LogP contribution in [0, 0.1) is 5.41 Å². The Morgan fingerprint density at radius 2 is 1.71 bits per heavy atom. The normalized spacial score (nSPS) is 15.7. The fourth-order valence-electron chi connectivity index (χ4n) is 4.56. The number of aromatic nitrogens is 4. The number of rotatable bonds is 11. The summed E-state index contributed by atoms with van der Waals surface area (Å²) in [7, 11) is 0. The number of piperidine rings is 1. The number of hydrogen-bond acceptors (Lipinski definition) is 7. The molecule has 0 saturated carbocycles. The van der Waals surface area contributed by atoms with Crippen molar-refractivity contribution in [3.63, 3.8) is 0 Å². The Balaban J connectivity index is 1.15. The average Bonchev–Trinajstić information content (AvgIpc) is 3.37. The number of alkyl halides is 3. The molecule has 1 atom stereocenters. The van der Waals surface area contributed by atoms with Gasteiger partial charge in [-0.3, -0.25) is 4.79 Å². The molecule has 0 spiro atoms. The summed E-state index contributed by atoms with van der Waals surface area (Å²) < 4.78 is 51.7. The van der Waals surface area contributed by atoms with Gasteiger partial charge < -0.3 is 19.7 Å². The number of ether oxygens (including phenoxy) is 2. The van der Waals surface area contributed by atoms with Crippen LogP contribution >= 0.6 is 0 Å². The van der Waals surface area contributed by atoms with Crippen molar-refractivity contribution in [1.82, 2.24) is 25.1 Å². The van der Waals surface area contributed by atoms with Crippen LogP contribution in [0.5, 0.6) is 5.75 Å². The number of unbranched alkanes of at least 4 members (excludes halogenated alkanes) is 1. The fraction of sp³-hybridized carbons (Fsp3) is 0.586. The Hall–Kier alpha value is -3.41. The monoisotopic (exact) mass is 576 g/mol. The number of nitrogens with zero attached hydrogens (tertiary/aromatic N) is 5. The number of halogens is 3. The molecule has 1 unspecified atom stereocenters. The Morgan fingerprint density at radius 3 is 2.37 bits per heavy atom. The first-order valence-corrected chi connectivity index (χ1v) is 14.1. The molecule has 1 aliphatic heterocycles. The summed E-state index contributed by atoms with van der Waals surface area (Å²) in [5.41, 5.74) is 1.29. The molecule has 224 valence electrons. The van der Waals surface area contributed by atoms with Gasteiger partial charge >= 0.3 is 6.18 Å². The maximum absolute atomic E-state index is 13.2. The van der Waals surface area contributed by atoms with Crippen molar-refractivity contribution < 1.29 is 27.4 Å². The minimum Gasteiger partial charge on any atom is -0.494 e. The van der Waals surface area contributed by atoms with Crippen LogP contribution in [0.1, 0.15) is 70.7 Å².